The lowest BCUT2D eigenvalue weighted by Crippen LogP contribution is -2.48. The van der Waals surface area contributed by atoms with E-state index in [1.807, 2.05) is 4.90 Å². The summed E-state index contributed by atoms with van der Waals surface area (Å²) in [4.78, 5) is 10.4. The summed E-state index contributed by atoms with van der Waals surface area (Å²) in [6, 6.07) is -0.0192. The molecule has 2 heterocycles. The lowest BCUT2D eigenvalue weighted by atomic mass is 10.2. The van der Waals surface area contributed by atoms with Gasteiger partial charge in [-0.1, -0.05) is 0 Å². The maximum absolute atomic E-state index is 9.20. The Balaban J connectivity index is 2.16. The molecule has 0 aromatic carbocycles. The Kier molecular flexibility index (Phi) is 3.50. The van der Waals surface area contributed by atoms with Gasteiger partial charge < -0.3 is 14.7 Å². The summed E-state index contributed by atoms with van der Waals surface area (Å²) in [6.07, 6.45) is 3.34. The molecule has 1 atom stereocenters. The maximum atomic E-state index is 9.20. The van der Waals surface area contributed by atoms with Crippen molar-refractivity contribution in [1.82, 2.24) is 9.97 Å². The molecule has 1 aromatic heterocycles. The number of halogens is 1. The van der Waals surface area contributed by atoms with E-state index >= 15 is 0 Å². The van der Waals surface area contributed by atoms with E-state index in [4.69, 9.17) is 4.74 Å². The van der Waals surface area contributed by atoms with Gasteiger partial charge >= 0.3 is 0 Å². The first-order valence-corrected chi connectivity index (χ1v) is 5.53. The van der Waals surface area contributed by atoms with E-state index in [1.54, 1.807) is 12.4 Å². The minimum Gasteiger partial charge on any atom is -0.394 e. The van der Waals surface area contributed by atoms with Crippen molar-refractivity contribution in [3.05, 3.63) is 17.0 Å². The van der Waals surface area contributed by atoms with Gasteiger partial charge in [-0.25, -0.2) is 9.97 Å². The molecule has 0 aliphatic carbocycles. The van der Waals surface area contributed by atoms with E-state index in [0.29, 0.717) is 17.8 Å². The van der Waals surface area contributed by atoms with Gasteiger partial charge in [0.1, 0.15) is 10.4 Å². The van der Waals surface area contributed by atoms with Crippen molar-refractivity contribution >= 4 is 21.7 Å². The van der Waals surface area contributed by atoms with Crippen molar-refractivity contribution in [3.8, 4) is 0 Å². The number of ether oxygens (including phenoxy) is 1. The maximum Gasteiger partial charge on any atom is 0.147 e. The van der Waals surface area contributed by atoms with Crippen LogP contribution in [-0.4, -0.2) is 47.5 Å². The molecule has 0 spiro atoms. The van der Waals surface area contributed by atoms with E-state index in [0.717, 1.165) is 12.4 Å². The second kappa shape index (κ2) is 4.87. The Morgan fingerprint density at radius 1 is 1.53 bits per heavy atom. The molecule has 1 fully saturated rings. The standard InChI is InChI=1S/C9H12BrN3O2/c10-8-3-12-9(4-11-8)13-1-2-15-6-7(13)5-14/h3-4,7,14H,1-2,5-6H2. The van der Waals surface area contributed by atoms with Gasteiger partial charge in [0, 0.05) is 6.54 Å². The lowest BCUT2D eigenvalue weighted by Gasteiger charge is -2.35. The topological polar surface area (TPSA) is 58.5 Å². The first kappa shape index (κ1) is 10.8. The van der Waals surface area contributed by atoms with Crippen molar-refractivity contribution in [2.45, 2.75) is 6.04 Å². The number of anilines is 1. The smallest absolute Gasteiger partial charge is 0.147 e. The molecule has 0 radical (unpaired) electrons. The average Bonchev–Trinajstić information content (AvgIpc) is 2.30. The van der Waals surface area contributed by atoms with Crippen molar-refractivity contribution < 1.29 is 9.84 Å². The first-order valence-electron chi connectivity index (χ1n) is 4.74. The molecule has 0 bridgehead atoms. The van der Waals surface area contributed by atoms with Crippen LogP contribution in [0, 0.1) is 0 Å². The van der Waals surface area contributed by atoms with Crippen molar-refractivity contribution in [1.29, 1.82) is 0 Å². The Labute approximate surface area is 96.2 Å². The van der Waals surface area contributed by atoms with Gasteiger partial charge in [0.05, 0.1) is 38.3 Å². The fourth-order valence-electron chi connectivity index (χ4n) is 1.56. The van der Waals surface area contributed by atoms with Gasteiger partial charge in [-0.2, -0.15) is 0 Å². The van der Waals surface area contributed by atoms with Crippen LogP contribution < -0.4 is 4.90 Å². The van der Waals surface area contributed by atoms with E-state index in [9.17, 15) is 5.11 Å². The normalized spacial score (nSPS) is 21.7. The molecule has 5 nitrogen and oxygen atoms in total. The Bertz CT molecular complexity index is 320. The van der Waals surface area contributed by atoms with Gasteiger partial charge in [-0.15, -0.1) is 0 Å². The molecule has 0 amide bonds. The molecular weight excluding hydrogens is 262 g/mol. The van der Waals surface area contributed by atoms with E-state index in [-0.39, 0.29) is 12.6 Å². The summed E-state index contributed by atoms with van der Waals surface area (Å²) in [7, 11) is 0. The Morgan fingerprint density at radius 2 is 2.40 bits per heavy atom. The highest BCUT2D eigenvalue weighted by Gasteiger charge is 2.23. The largest absolute Gasteiger partial charge is 0.394 e. The summed E-state index contributed by atoms with van der Waals surface area (Å²) in [5, 5.41) is 9.20. The molecule has 1 saturated heterocycles. The van der Waals surface area contributed by atoms with Crippen LogP contribution in [0.3, 0.4) is 0 Å². The minimum absolute atomic E-state index is 0.0192. The monoisotopic (exact) mass is 273 g/mol. The molecule has 1 aliphatic heterocycles. The molecule has 0 saturated carbocycles. The first-order chi connectivity index (χ1) is 7.31. The van der Waals surface area contributed by atoms with E-state index < -0.39 is 0 Å². The number of nitrogens with zero attached hydrogens (tertiary/aromatic N) is 3. The lowest BCUT2D eigenvalue weighted by molar-refractivity contribution is 0.0722. The van der Waals surface area contributed by atoms with Crippen LogP contribution >= 0.6 is 15.9 Å². The summed E-state index contributed by atoms with van der Waals surface area (Å²) < 4.78 is 6.00. The molecule has 15 heavy (non-hydrogen) atoms. The van der Waals surface area contributed by atoms with Crippen molar-refractivity contribution in [3.63, 3.8) is 0 Å². The molecule has 1 aliphatic rings. The number of aliphatic hydroxyl groups is 1. The predicted octanol–water partition coefficient (Wildman–Crippen LogP) is 0.437. The summed E-state index contributed by atoms with van der Waals surface area (Å²) in [5.41, 5.74) is 0. The number of hydrogen-bond acceptors (Lipinski definition) is 5. The second-order valence-electron chi connectivity index (χ2n) is 3.30. The third kappa shape index (κ3) is 2.45. The second-order valence-corrected chi connectivity index (χ2v) is 4.11. The van der Waals surface area contributed by atoms with Crippen molar-refractivity contribution in [2.24, 2.45) is 0 Å². The van der Waals surface area contributed by atoms with Crippen LogP contribution in [0.25, 0.3) is 0 Å². The SMILES string of the molecule is OCC1COCCN1c1cnc(Br)cn1. The van der Waals surface area contributed by atoms with Crippen molar-refractivity contribution in [2.75, 3.05) is 31.3 Å². The minimum atomic E-state index is -0.0192. The highest BCUT2D eigenvalue weighted by atomic mass is 79.9. The average molecular weight is 274 g/mol. The molecule has 1 aromatic rings. The number of aromatic nitrogens is 2. The van der Waals surface area contributed by atoms with Crippen LogP contribution in [0.4, 0.5) is 5.82 Å². The van der Waals surface area contributed by atoms with Crippen LogP contribution in [0.1, 0.15) is 0 Å². The van der Waals surface area contributed by atoms with Crippen LogP contribution in [0.2, 0.25) is 0 Å². The van der Waals surface area contributed by atoms with Gasteiger partial charge in [-0.05, 0) is 15.9 Å². The number of morpholine rings is 1. The van der Waals surface area contributed by atoms with E-state index in [2.05, 4.69) is 25.9 Å². The zero-order valence-corrected chi connectivity index (χ0v) is 9.72. The predicted molar refractivity (Wildman–Crippen MR) is 58.8 cm³/mol. The fourth-order valence-corrected chi connectivity index (χ4v) is 1.77. The molecule has 2 rings (SSSR count). The quantitative estimate of drug-likeness (QED) is 0.847. The number of hydrogen-bond donors (Lipinski definition) is 1. The Morgan fingerprint density at radius 3 is 3.07 bits per heavy atom. The van der Waals surface area contributed by atoms with Gasteiger partial charge in [0.2, 0.25) is 0 Å². The zero-order chi connectivity index (χ0) is 10.7. The molecule has 6 heteroatoms. The van der Waals surface area contributed by atoms with Crippen LogP contribution in [0.5, 0.6) is 0 Å². The molecule has 1 N–H and O–H groups in total. The summed E-state index contributed by atoms with van der Waals surface area (Å²) in [5.74, 6) is 0.778. The Hall–Kier alpha value is -0.720. The third-order valence-corrected chi connectivity index (χ3v) is 2.75. The van der Waals surface area contributed by atoms with E-state index in [1.165, 1.54) is 0 Å². The third-order valence-electron chi connectivity index (χ3n) is 2.34. The van der Waals surface area contributed by atoms with Crippen LogP contribution in [-0.2, 0) is 4.74 Å². The summed E-state index contributed by atoms with van der Waals surface area (Å²) in [6.45, 7) is 2.00. The molecule has 1 unspecified atom stereocenters. The van der Waals surface area contributed by atoms with Gasteiger partial charge in [-0.3, -0.25) is 0 Å². The van der Waals surface area contributed by atoms with Gasteiger partial charge in [0.25, 0.3) is 0 Å². The highest BCUT2D eigenvalue weighted by molar-refractivity contribution is 9.10. The highest BCUT2D eigenvalue weighted by Crippen LogP contribution is 2.17. The zero-order valence-electron chi connectivity index (χ0n) is 8.14. The number of aliphatic hydroxyl groups excluding tert-OH is 1. The van der Waals surface area contributed by atoms with Crippen LogP contribution in [0.15, 0.2) is 17.0 Å². The van der Waals surface area contributed by atoms with Gasteiger partial charge in [0.15, 0.2) is 0 Å². The fraction of sp³-hybridized carbons (Fsp3) is 0.556. The number of rotatable bonds is 2. The molecule has 82 valence electrons. The summed E-state index contributed by atoms with van der Waals surface area (Å²) >= 11 is 3.24. The molecular formula is C9H12BrN3O2.